The van der Waals surface area contributed by atoms with E-state index in [0.29, 0.717) is 11.1 Å². The molecule has 3 amide bonds. The van der Waals surface area contributed by atoms with Crippen molar-refractivity contribution in [1.82, 2.24) is 20.8 Å². The molecule has 1 aromatic carbocycles. The minimum absolute atomic E-state index is 0.154. The summed E-state index contributed by atoms with van der Waals surface area (Å²) in [7, 11) is 0. The van der Waals surface area contributed by atoms with E-state index in [2.05, 4.69) is 20.8 Å². The Bertz CT molecular complexity index is 846. The van der Waals surface area contributed by atoms with Crippen LogP contribution in [0.1, 0.15) is 50.2 Å². The third kappa shape index (κ3) is 5.34. The van der Waals surface area contributed by atoms with Gasteiger partial charge in [-0.05, 0) is 56.9 Å². The van der Waals surface area contributed by atoms with Crippen molar-refractivity contribution in [3.8, 4) is 11.5 Å². The number of carbonyl (C=O) groups is 2. The first-order valence-corrected chi connectivity index (χ1v) is 10.5. The van der Waals surface area contributed by atoms with Crippen molar-refractivity contribution in [2.24, 2.45) is 0 Å². The van der Waals surface area contributed by atoms with Gasteiger partial charge in [-0.25, -0.2) is 4.79 Å². The number of hydrogen-bond donors (Lipinski definition) is 2. The van der Waals surface area contributed by atoms with Crippen molar-refractivity contribution in [2.45, 2.75) is 69.4 Å². The third-order valence-electron chi connectivity index (χ3n) is 4.98. The van der Waals surface area contributed by atoms with Crippen LogP contribution in [0.4, 0.5) is 4.79 Å². The van der Waals surface area contributed by atoms with E-state index in [1.807, 2.05) is 32.0 Å². The van der Waals surface area contributed by atoms with Gasteiger partial charge in [-0.15, -0.1) is 10.2 Å². The third-order valence-corrected chi connectivity index (χ3v) is 5.92. The number of hydrogen-bond acceptors (Lipinski definition) is 6. The summed E-state index contributed by atoms with van der Waals surface area (Å²) in [6, 6.07) is 5.63. The van der Waals surface area contributed by atoms with Crippen LogP contribution in [0.25, 0.3) is 11.5 Å². The highest BCUT2D eigenvalue weighted by Gasteiger charge is 2.22. The van der Waals surface area contributed by atoms with Gasteiger partial charge in [0.15, 0.2) is 0 Å². The summed E-state index contributed by atoms with van der Waals surface area (Å²) in [6.45, 7) is 5.77. The Morgan fingerprint density at radius 1 is 1.14 bits per heavy atom. The maximum atomic E-state index is 12.3. The van der Waals surface area contributed by atoms with Crippen molar-refractivity contribution in [3.05, 3.63) is 29.3 Å². The summed E-state index contributed by atoms with van der Waals surface area (Å²) < 4.78 is 5.67. The van der Waals surface area contributed by atoms with E-state index in [1.54, 1.807) is 6.92 Å². The first-order chi connectivity index (χ1) is 13.4. The summed E-state index contributed by atoms with van der Waals surface area (Å²) in [5.41, 5.74) is 3.17. The van der Waals surface area contributed by atoms with Crippen LogP contribution in [0.15, 0.2) is 27.8 Å². The standard InChI is InChI=1S/C20H26N4O3S/c1-12-9-10-15(11-13(12)2)18-23-24-20(27-18)28-14(3)17(25)22-19(26)21-16-7-5-4-6-8-16/h9-11,14,16H,4-8H2,1-3H3,(H2,21,22,25,26)/t14-/m1/s1. The van der Waals surface area contributed by atoms with Crippen LogP contribution in [0.3, 0.4) is 0 Å². The molecule has 28 heavy (non-hydrogen) atoms. The van der Waals surface area contributed by atoms with E-state index < -0.39 is 11.3 Å². The molecule has 1 atom stereocenters. The van der Waals surface area contributed by atoms with Gasteiger partial charge in [0.1, 0.15) is 0 Å². The Kier molecular flexibility index (Phi) is 6.72. The summed E-state index contributed by atoms with van der Waals surface area (Å²) in [5, 5.41) is 13.1. The number of carbonyl (C=O) groups excluding carboxylic acids is 2. The molecule has 1 aliphatic carbocycles. The van der Waals surface area contributed by atoms with Crippen LogP contribution in [-0.2, 0) is 4.79 Å². The molecule has 0 aliphatic heterocycles. The lowest BCUT2D eigenvalue weighted by atomic mass is 9.96. The predicted octanol–water partition coefficient (Wildman–Crippen LogP) is 3.99. The average molecular weight is 403 g/mol. The Labute approximate surface area is 169 Å². The summed E-state index contributed by atoms with van der Waals surface area (Å²) >= 11 is 1.13. The van der Waals surface area contributed by atoms with Gasteiger partial charge in [0.25, 0.3) is 5.22 Å². The molecule has 0 saturated heterocycles. The molecule has 1 fully saturated rings. The highest BCUT2D eigenvalue weighted by atomic mass is 32.2. The molecule has 0 bridgehead atoms. The first kappa shape index (κ1) is 20.4. The lowest BCUT2D eigenvalue weighted by Crippen LogP contribution is -2.47. The summed E-state index contributed by atoms with van der Waals surface area (Å²) in [6.07, 6.45) is 5.38. The normalized spacial score (nSPS) is 15.8. The number of benzene rings is 1. The Morgan fingerprint density at radius 3 is 2.61 bits per heavy atom. The fraction of sp³-hybridized carbons (Fsp3) is 0.500. The lowest BCUT2D eigenvalue weighted by molar-refractivity contribution is -0.119. The number of aromatic nitrogens is 2. The number of aryl methyl sites for hydroxylation is 2. The van der Waals surface area contributed by atoms with Crippen LogP contribution in [0.2, 0.25) is 0 Å². The van der Waals surface area contributed by atoms with E-state index in [1.165, 1.54) is 12.0 Å². The van der Waals surface area contributed by atoms with Gasteiger partial charge in [-0.3, -0.25) is 10.1 Å². The zero-order valence-electron chi connectivity index (χ0n) is 16.4. The van der Waals surface area contributed by atoms with E-state index in [9.17, 15) is 9.59 Å². The second kappa shape index (κ2) is 9.23. The molecule has 8 heteroatoms. The molecule has 3 rings (SSSR count). The molecule has 7 nitrogen and oxygen atoms in total. The van der Waals surface area contributed by atoms with E-state index in [-0.39, 0.29) is 11.9 Å². The highest BCUT2D eigenvalue weighted by molar-refractivity contribution is 8.00. The molecular formula is C20H26N4O3S. The van der Waals surface area contributed by atoms with Crippen molar-refractivity contribution < 1.29 is 14.0 Å². The van der Waals surface area contributed by atoms with Gasteiger partial charge in [-0.2, -0.15) is 0 Å². The van der Waals surface area contributed by atoms with Gasteiger partial charge in [-0.1, -0.05) is 37.1 Å². The minimum Gasteiger partial charge on any atom is -0.411 e. The average Bonchev–Trinajstić information content (AvgIpc) is 3.13. The van der Waals surface area contributed by atoms with Crippen LogP contribution >= 0.6 is 11.8 Å². The van der Waals surface area contributed by atoms with Crippen LogP contribution in [-0.4, -0.2) is 33.4 Å². The molecule has 2 aromatic rings. The molecule has 0 radical (unpaired) electrons. The number of amides is 3. The second-order valence-corrected chi connectivity index (χ2v) is 8.52. The Morgan fingerprint density at radius 2 is 1.89 bits per heavy atom. The Hall–Kier alpha value is -2.35. The molecule has 1 saturated carbocycles. The van der Waals surface area contributed by atoms with Gasteiger partial charge in [0, 0.05) is 11.6 Å². The van der Waals surface area contributed by atoms with Crippen molar-refractivity contribution >= 4 is 23.7 Å². The van der Waals surface area contributed by atoms with Crippen molar-refractivity contribution in [1.29, 1.82) is 0 Å². The zero-order valence-corrected chi connectivity index (χ0v) is 17.3. The monoisotopic (exact) mass is 402 g/mol. The van der Waals surface area contributed by atoms with E-state index >= 15 is 0 Å². The SMILES string of the molecule is Cc1ccc(-c2nnc(S[C@H](C)C(=O)NC(=O)NC3CCCCC3)o2)cc1C. The molecular weight excluding hydrogens is 376 g/mol. The zero-order chi connectivity index (χ0) is 20.1. The van der Waals surface area contributed by atoms with Crippen molar-refractivity contribution in [3.63, 3.8) is 0 Å². The number of urea groups is 1. The predicted molar refractivity (Wildman–Crippen MR) is 108 cm³/mol. The Balaban J connectivity index is 1.53. The van der Waals surface area contributed by atoms with Crippen LogP contribution in [0.5, 0.6) is 0 Å². The molecule has 150 valence electrons. The summed E-state index contributed by atoms with van der Waals surface area (Å²) in [5.74, 6) is 0.0255. The maximum absolute atomic E-state index is 12.3. The topological polar surface area (TPSA) is 97.1 Å². The number of imide groups is 1. The number of nitrogens with one attached hydrogen (secondary N) is 2. The summed E-state index contributed by atoms with van der Waals surface area (Å²) in [4.78, 5) is 24.3. The van der Waals surface area contributed by atoms with Gasteiger partial charge < -0.3 is 9.73 Å². The van der Waals surface area contributed by atoms with E-state index in [4.69, 9.17) is 4.42 Å². The number of thioether (sulfide) groups is 1. The largest absolute Gasteiger partial charge is 0.411 e. The molecule has 1 aliphatic rings. The van der Waals surface area contributed by atoms with Gasteiger partial charge in [0.05, 0.1) is 5.25 Å². The fourth-order valence-corrected chi connectivity index (χ4v) is 3.82. The minimum atomic E-state index is -0.537. The molecule has 0 spiro atoms. The number of rotatable bonds is 5. The molecule has 1 heterocycles. The van der Waals surface area contributed by atoms with Crippen LogP contribution < -0.4 is 10.6 Å². The molecule has 0 unspecified atom stereocenters. The van der Waals surface area contributed by atoms with Crippen molar-refractivity contribution in [2.75, 3.05) is 0 Å². The number of nitrogens with zero attached hydrogens (tertiary/aromatic N) is 2. The second-order valence-electron chi connectivity index (χ2n) is 7.23. The van der Waals surface area contributed by atoms with E-state index in [0.717, 1.165) is 48.6 Å². The fourth-order valence-electron chi connectivity index (χ4n) is 3.14. The quantitative estimate of drug-likeness (QED) is 0.734. The maximum Gasteiger partial charge on any atom is 0.321 e. The van der Waals surface area contributed by atoms with Gasteiger partial charge >= 0.3 is 6.03 Å². The lowest BCUT2D eigenvalue weighted by Gasteiger charge is -2.22. The molecule has 2 N–H and O–H groups in total. The smallest absolute Gasteiger partial charge is 0.321 e. The molecule has 1 aromatic heterocycles. The highest BCUT2D eigenvalue weighted by Crippen LogP contribution is 2.27. The first-order valence-electron chi connectivity index (χ1n) is 9.61. The van der Waals surface area contributed by atoms with Crippen LogP contribution in [0, 0.1) is 13.8 Å². The van der Waals surface area contributed by atoms with Gasteiger partial charge in [0.2, 0.25) is 11.8 Å².